The number of rotatable bonds is 16. The minimum Gasteiger partial charge on any atom is -0.379 e. The average Bonchev–Trinajstić information content (AvgIpc) is 3.79. The lowest BCUT2D eigenvalue weighted by Gasteiger charge is -2.28. The zero-order valence-electron chi connectivity index (χ0n) is 26.8. The number of ketones is 1. The number of carbonyl (C=O) groups is 4. The summed E-state index contributed by atoms with van der Waals surface area (Å²) < 4.78 is 10.8. The number of hydrogen-bond donors (Lipinski definition) is 3. The number of nitrogens with one attached hydrogen (secondary N) is 3. The molecular formula is C35H47N4O6. The number of epoxide rings is 1. The molecule has 45 heavy (non-hydrogen) atoms. The maximum absolute atomic E-state index is 13.9. The van der Waals surface area contributed by atoms with Crippen molar-refractivity contribution in [3.8, 4) is 0 Å². The lowest BCUT2D eigenvalue weighted by molar-refractivity contribution is -0.133. The van der Waals surface area contributed by atoms with Gasteiger partial charge in [0.25, 0.3) is 0 Å². The van der Waals surface area contributed by atoms with Crippen LogP contribution in [0.15, 0.2) is 60.7 Å². The van der Waals surface area contributed by atoms with Crippen LogP contribution in [0.4, 0.5) is 0 Å². The summed E-state index contributed by atoms with van der Waals surface area (Å²) in [5.74, 6) is -1.41. The highest BCUT2D eigenvalue weighted by Crippen LogP contribution is 2.30. The van der Waals surface area contributed by atoms with Crippen molar-refractivity contribution in [2.75, 3.05) is 39.5 Å². The van der Waals surface area contributed by atoms with Gasteiger partial charge in [-0.1, -0.05) is 81.4 Å². The van der Waals surface area contributed by atoms with E-state index >= 15 is 0 Å². The molecule has 243 valence electrons. The van der Waals surface area contributed by atoms with E-state index in [1.165, 1.54) is 0 Å². The van der Waals surface area contributed by atoms with Gasteiger partial charge in [0.2, 0.25) is 17.7 Å². The number of morpholine rings is 1. The summed E-state index contributed by atoms with van der Waals surface area (Å²) in [6, 6.07) is 17.6. The average molecular weight is 620 g/mol. The molecule has 2 saturated heterocycles. The molecule has 10 heteroatoms. The molecule has 4 atom stereocenters. The first-order valence-electron chi connectivity index (χ1n) is 15.9. The summed E-state index contributed by atoms with van der Waals surface area (Å²) in [4.78, 5) is 56.2. The first-order chi connectivity index (χ1) is 21.5. The zero-order valence-corrected chi connectivity index (χ0v) is 26.8. The number of hydrogen-bond acceptors (Lipinski definition) is 7. The van der Waals surface area contributed by atoms with Crippen LogP contribution in [0.1, 0.15) is 57.6 Å². The molecule has 0 spiro atoms. The monoisotopic (exact) mass is 619 g/mol. The predicted octanol–water partition coefficient (Wildman–Crippen LogP) is 2.78. The van der Waals surface area contributed by atoms with Gasteiger partial charge >= 0.3 is 0 Å². The Labute approximate surface area is 266 Å². The van der Waals surface area contributed by atoms with E-state index in [0.29, 0.717) is 39.3 Å². The number of ether oxygens (including phenoxy) is 2. The third kappa shape index (κ3) is 10.5. The smallest absolute Gasteiger partial charge is 0.249 e. The van der Waals surface area contributed by atoms with E-state index in [9.17, 15) is 19.2 Å². The Morgan fingerprint density at radius 2 is 1.51 bits per heavy atom. The van der Waals surface area contributed by atoms with E-state index in [0.717, 1.165) is 11.1 Å². The normalized spacial score (nSPS) is 20.2. The third-order valence-electron chi connectivity index (χ3n) is 8.26. The fourth-order valence-corrected chi connectivity index (χ4v) is 5.48. The van der Waals surface area contributed by atoms with Crippen LogP contribution in [0.3, 0.4) is 0 Å². The Balaban J connectivity index is 1.53. The number of Topliss-reactive ketones (excluding diaryl/α,β-unsaturated/α-hetero) is 1. The van der Waals surface area contributed by atoms with Crippen LogP contribution in [-0.4, -0.2) is 85.5 Å². The Morgan fingerprint density at radius 3 is 2.11 bits per heavy atom. The van der Waals surface area contributed by atoms with Crippen LogP contribution in [0, 0.1) is 12.0 Å². The second kappa shape index (κ2) is 16.1. The van der Waals surface area contributed by atoms with E-state index in [2.05, 4.69) is 16.0 Å². The molecule has 0 bridgehead atoms. The summed E-state index contributed by atoms with van der Waals surface area (Å²) >= 11 is 0. The molecule has 3 amide bonds. The van der Waals surface area contributed by atoms with Gasteiger partial charge in [-0.05, 0) is 42.7 Å². The van der Waals surface area contributed by atoms with E-state index in [1.54, 1.807) is 6.92 Å². The summed E-state index contributed by atoms with van der Waals surface area (Å²) in [5.41, 5.74) is 0.969. The molecule has 3 N–H and O–H groups in total. The number of nitrogens with zero attached hydrogens (tertiary/aromatic N) is 1. The van der Waals surface area contributed by atoms with Crippen molar-refractivity contribution in [1.29, 1.82) is 0 Å². The van der Waals surface area contributed by atoms with Crippen molar-refractivity contribution in [2.24, 2.45) is 5.92 Å². The Morgan fingerprint density at radius 1 is 0.889 bits per heavy atom. The third-order valence-corrected chi connectivity index (χ3v) is 8.26. The second-order valence-corrected chi connectivity index (χ2v) is 12.7. The van der Waals surface area contributed by atoms with Gasteiger partial charge < -0.3 is 25.4 Å². The molecule has 0 aromatic heterocycles. The highest BCUT2D eigenvalue weighted by Gasteiger charge is 2.50. The van der Waals surface area contributed by atoms with Crippen LogP contribution in [0.2, 0.25) is 0 Å². The molecule has 0 saturated carbocycles. The predicted molar refractivity (Wildman–Crippen MR) is 171 cm³/mol. The van der Waals surface area contributed by atoms with Gasteiger partial charge in [-0.2, -0.15) is 0 Å². The van der Waals surface area contributed by atoms with Crippen LogP contribution in [-0.2, 0) is 35.1 Å². The molecule has 4 rings (SSSR count). The van der Waals surface area contributed by atoms with Crippen LogP contribution in [0.25, 0.3) is 0 Å². The molecule has 0 aliphatic carbocycles. The van der Waals surface area contributed by atoms with E-state index in [-0.39, 0.29) is 49.0 Å². The molecule has 2 fully saturated rings. The van der Waals surface area contributed by atoms with E-state index in [4.69, 9.17) is 9.47 Å². The van der Waals surface area contributed by atoms with Gasteiger partial charge in [-0.15, -0.1) is 0 Å². The highest BCUT2D eigenvalue weighted by atomic mass is 16.6. The Hall–Kier alpha value is -3.60. The lowest BCUT2D eigenvalue weighted by atomic mass is 9.92. The first-order valence-corrected chi connectivity index (χ1v) is 15.9. The fourth-order valence-electron chi connectivity index (χ4n) is 5.48. The van der Waals surface area contributed by atoms with Crippen LogP contribution >= 0.6 is 0 Å². The van der Waals surface area contributed by atoms with Gasteiger partial charge in [-0.25, -0.2) is 0 Å². The van der Waals surface area contributed by atoms with E-state index < -0.39 is 29.5 Å². The largest absolute Gasteiger partial charge is 0.379 e. The minimum absolute atomic E-state index is 0.0793. The molecule has 2 aromatic carbocycles. The SMILES string of the molecule is CC(C)C[C@H](NC(=O)[C@H](Cc1ccccc1)NC(=O)[C](C[C@H](C)c1ccccc1)NC(=O)CN1CCOCC1)C(=O)[C@@]1(C)CO1. The summed E-state index contributed by atoms with van der Waals surface area (Å²) in [7, 11) is 0. The molecule has 2 aliphatic heterocycles. The van der Waals surface area contributed by atoms with Crippen LogP contribution in [0.5, 0.6) is 0 Å². The quantitative estimate of drug-likeness (QED) is 0.247. The zero-order chi connectivity index (χ0) is 32.4. The Kier molecular flexibility index (Phi) is 12.3. The van der Waals surface area contributed by atoms with Crippen molar-refractivity contribution in [2.45, 2.75) is 70.6 Å². The van der Waals surface area contributed by atoms with E-state index in [1.807, 2.05) is 86.3 Å². The molecule has 0 unspecified atom stereocenters. The van der Waals surface area contributed by atoms with Crippen LogP contribution < -0.4 is 16.0 Å². The summed E-state index contributed by atoms with van der Waals surface area (Å²) in [6.07, 6.45) is 0.908. The van der Waals surface area contributed by atoms with Crippen molar-refractivity contribution in [3.05, 3.63) is 77.8 Å². The van der Waals surface area contributed by atoms with Crippen molar-refractivity contribution < 1.29 is 28.7 Å². The molecular weight excluding hydrogens is 572 g/mol. The minimum atomic E-state index is -0.992. The maximum Gasteiger partial charge on any atom is 0.249 e. The highest BCUT2D eigenvalue weighted by molar-refractivity contribution is 6.00. The van der Waals surface area contributed by atoms with Crippen molar-refractivity contribution in [1.82, 2.24) is 20.9 Å². The van der Waals surface area contributed by atoms with Gasteiger partial charge in [0, 0.05) is 19.5 Å². The molecule has 2 aromatic rings. The maximum atomic E-state index is 13.9. The molecule has 1 radical (unpaired) electrons. The lowest BCUT2D eigenvalue weighted by Crippen LogP contribution is -2.56. The number of carbonyl (C=O) groups excluding carboxylic acids is 4. The first kappa shape index (κ1) is 34.3. The molecule has 10 nitrogen and oxygen atoms in total. The second-order valence-electron chi connectivity index (χ2n) is 12.7. The number of amides is 3. The topological polar surface area (TPSA) is 129 Å². The fraction of sp³-hybridized carbons (Fsp3) is 0.514. The summed E-state index contributed by atoms with van der Waals surface area (Å²) in [6.45, 7) is 10.5. The Bertz CT molecular complexity index is 1280. The van der Waals surface area contributed by atoms with Gasteiger partial charge in [0.15, 0.2) is 11.8 Å². The van der Waals surface area contributed by atoms with Crippen molar-refractivity contribution in [3.63, 3.8) is 0 Å². The van der Waals surface area contributed by atoms with Gasteiger partial charge in [-0.3, -0.25) is 24.1 Å². The van der Waals surface area contributed by atoms with Crippen molar-refractivity contribution >= 4 is 23.5 Å². The molecule has 2 aliphatic rings. The molecule has 2 heterocycles. The van der Waals surface area contributed by atoms with Gasteiger partial charge in [0.1, 0.15) is 11.6 Å². The standard InChI is InChI=1S/C35H47N4O6/c1-24(2)19-28(32(41)35(4)23-45-35)37-34(43)30(21-26-11-7-5-8-12-26)38-33(42)29(20-25(3)27-13-9-6-10-14-27)36-31(40)22-39-15-17-44-18-16-39/h5-14,24-25,28,30H,15-23H2,1-4H3,(H,36,40)(H,37,43)(H,38,42)/t25-,28-,30-,35+/m0/s1. The van der Waals surface area contributed by atoms with Gasteiger partial charge in [0.05, 0.1) is 32.4 Å². The number of benzene rings is 2. The summed E-state index contributed by atoms with van der Waals surface area (Å²) in [5, 5.41) is 8.69.